The van der Waals surface area contributed by atoms with Crippen molar-refractivity contribution in [3.63, 3.8) is 0 Å². The average Bonchev–Trinajstić information content (AvgIpc) is 2.08. The molecule has 0 aliphatic carbocycles. The second kappa shape index (κ2) is 4.37. The van der Waals surface area contributed by atoms with Crippen molar-refractivity contribution in [1.29, 1.82) is 0 Å². The molecule has 1 heteroatoms. The summed E-state index contributed by atoms with van der Waals surface area (Å²) in [5, 5.41) is 0. The Morgan fingerprint density at radius 1 is 0.385 bits per heavy atom. The van der Waals surface area contributed by atoms with Crippen LogP contribution in [-0.4, -0.2) is 0 Å². The van der Waals surface area contributed by atoms with Crippen LogP contribution in [0.1, 0.15) is 33.4 Å². The van der Waals surface area contributed by atoms with E-state index >= 15 is 0 Å². The topological polar surface area (TPSA) is 0 Å². The molecule has 0 unspecified atom stereocenters. The van der Waals surface area contributed by atoms with Gasteiger partial charge in [-0.3, -0.25) is 0 Å². The predicted octanol–water partition coefficient (Wildman–Crippen LogP) is 3.53. The third-order valence-corrected chi connectivity index (χ3v) is 3.38. The number of rotatable bonds is 0. The van der Waals surface area contributed by atoms with E-state index < -0.39 is 0 Å². The Balaban J connectivity index is 0.00000144. The molecule has 1 aromatic rings. The zero-order chi connectivity index (χ0) is 9.46. The fourth-order valence-corrected chi connectivity index (χ4v) is 1.69. The molecule has 72 valence electrons. The fourth-order valence-electron chi connectivity index (χ4n) is 1.69. The van der Waals surface area contributed by atoms with E-state index in [1.54, 1.807) is 0 Å². The maximum atomic E-state index is 2.21. The predicted molar refractivity (Wildman–Crippen MR) is 54.9 cm³/mol. The summed E-state index contributed by atoms with van der Waals surface area (Å²) in [6.07, 6.45) is 0. The maximum Gasteiger partial charge on any atom is 2.00 e. The van der Waals surface area contributed by atoms with Crippen LogP contribution in [-0.2, 0) is 19.5 Å². The quantitative estimate of drug-likeness (QED) is 0.628. The van der Waals surface area contributed by atoms with Gasteiger partial charge in [-0.15, -0.1) is 0 Å². The van der Waals surface area contributed by atoms with Crippen LogP contribution >= 0.6 is 0 Å². The molecular formula is C12H18Ru+2. The Hall–Kier alpha value is -0.157. The van der Waals surface area contributed by atoms with Crippen molar-refractivity contribution in [2.45, 2.75) is 41.5 Å². The smallest absolute Gasteiger partial charge is 0.0447 e. The average molecular weight is 263 g/mol. The molecule has 0 atom stereocenters. The molecular weight excluding hydrogens is 245 g/mol. The van der Waals surface area contributed by atoms with Gasteiger partial charge in [-0.05, 0) is 74.9 Å². The van der Waals surface area contributed by atoms with Crippen molar-refractivity contribution in [1.82, 2.24) is 0 Å². The minimum absolute atomic E-state index is 0. The van der Waals surface area contributed by atoms with E-state index in [1.807, 2.05) is 0 Å². The van der Waals surface area contributed by atoms with Gasteiger partial charge in [-0.2, -0.15) is 0 Å². The van der Waals surface area contributed by atoms with Crippen LogP contribution in [0.4, 0.5) is 0 Å². The summed E-state index contributed by atoms with van der Waals surface area (Å²) < 4.78 is 0. The van der Waals surface area contributed by atoms with Crippen molar-refractivity contribution in [2.24, 2.45) is 0 Å². The first kappa shape index (κ1) is 12.8. The van der Waals surface area contributed by atoms with Crippen LogP contribution in [0.15, 0.2) is 0 Å². The Kier molecular flexibility index (Phi) is 4.32. The van der Waals surface area contributed by atoms with Gasteiger partial charge in [-0.1, -0.05) is 0 Å². The minimum atomic E-state index is 0. The van der Waals surface area contributed by atoms with Crippen molar-refractivity contribution < 1.29 is 19.5 Å². The summed E-state index contributed by atoms with van der Waals surface area (Å²) in [6, 6.07) is 0. The van der Waals surface area contributed by atoms with Gasteiger partial charge in [-0.25, -0.2) is 0 Å². The van der Waals surface area contributed by atoms with E-state index in [0.717, 1.165) is 0 Å². The van der Waals surface area contributed by atoms with E-state index in [2.05, 4.69) is 41.5 Å². The third kappa shape index (κ3) is 2.02. The molecule has 0 fully saturated rings. The zero-order valence-electron chi connectivity index (χ0n) is 9.35. The van der Waals surface area contributed by atoms with Gasteiger partial charge in [0.05, 0.1) is 0 Å². The monoisotopic (exact) mass is 264 g/mol. The van der Waals surface area contributed by atoms with E-state index in [0.29, 0.717) is 0 Å². The van der Waals surface area contributed by atoms with Crippen molar-refractivity contribution in [3.8, 4) is 0 Å². The number of benzene rings is 1. The third-order valence-electron chi connectivity index (χ3n) is 3.38. The molecule has 0 aromatic heterocycles. The van der Waals surface area contributed by atoms with Gasteiger partial charge in [0.25, 0.3) is 0 Å². The van der Waals surface area contributed by atoms with E-state index in [1.165, 1.54) is 33.4 Å². The molecule has 0 aliphatic heterocycles. The number of hydrogen-bond donors (Lipinski definition) is 0. The Bertz CT molecular complexity index is 219. The largest absolute Gasteiger partial charge is 2.00 e. The molecule has 0 amide bonds. The molecule has 1 aromatic carbocycles. The van der Waals surface area contributed by atoms with Gasteiger partial charge in [0, 0.05) is 0 Å². The Morgan fingerprint density at radius 2 is 0.462 bits per heavy atom. The molecule has 1 rings (SSSR count). The second-order valence-corrected chi connectivity index (χ2v) is 3.75. The molecule has 0 bridgehead atoms. The van der Waals surface area contributed by atoms with E-state index in [-0.39, 0.29) is 19.5 Å². The summed E-state index contributed by atoms with van der Waals surface area (Å²) in [7, 11) is 0. The standard InChI is InChI=1S/C12H18.Ru/c1-7-8(2)10(4)12(6)11(5)9(7)3;/h1-6H3;/q;+2. The first-order valence-electron chi connectivity index (χ1n) is 4.50. The molecule has 13 heavy (non-hydrogen) atoms. The Morgan fingerprint density at radius 3 is 0.538 bits per heavy atom. The maximum absolute atomic E-state index is 2.21. The van der Waals surface area contributed by atoms with Crippen LogP contribution in [0.25, 0.3) is 0 Å². The Labute approximate surface area is 94.5 Å². The molecule has 0 heterocycles. The first-order valence-corrected chi connectivity index (χ1v) is 4.50. The fraction of sp³-hybridized carbons (Fsp3) is 0.500. The normalized spacial score (nSPS) is 9.69. The van der Waals surface area contributed by atoms with Crippen LogP contribution in [0.3, 0.4) is 0 Å². The van der Waals surface area contributed by atoms with E-state index in [9.17, 15) is 0 Å². The van der Waals surface area contributed by atoms with Crippen molar-refractivity contribution >= 4 is 0 Å². The molecule has 0 saturated heterocycles. The summed E-state index contributed by atoms with van der Waals surface area (Å²) in [6.45, 7) is 13.3. The second-order valence-electron chi connectivity index (χ2n) is 3.75. The number of hydrogen-bond acceptors (Lipinski definition) is 0. The van der Waals surface area contributed by atoms with Gasteiger partial charge in [0.2, 0.25) is 0 Å². The van der Waals surface area contributed by atoms with Crippen LogP contribution in [0.2, 0.25) is 0 Å². The molecule has 0 N–H and O–H groups in total. The summed E-state index contributed by atoms with van der Waals surface area (Å²) in [5.74, 6) is 0. The first-order chi connectivity index (χ1) is 5.46. The molecule has 0 spiro atoms. The molecule has 0 nitrogen and oxygen atoms in total. The van der Waals surface area contributed by atoms with Crippen molar-refractivity contribution in [3.05, 3.63) is 33.4 Å². The van der Waals surface area contributed by atoms with Gasteiger partial charge >= 0.3 is 19.5 Å². The SMILES string of the molecule is Cc1c(C)c(C)c(C)c(C)c1C.[Ru+2]. The van der Waals surface area contributed by atoms with Crippen LogP contribution < -0.4 is 0 Å². The summed E-state index contributed by atoms with van der Waals surface area (Å²) in [5.41, 5.74) is 8.73. The van der Waals surface area contributed by atoms with Crippen LogP contribution in [0, 0.1) is 41.5 Å². The summed E-state index contributed by atoms with van der Waals surface area (Å²) in [4.78, 5) is 0. The van der Waals surface area contributed by atoms with Crippen LogP contribution in [0.5, 0.6) is 0 Å². The molecule has 0 aliphatic rings. The van der Waals surface area contributed by atoms with Gasteiger partial charge in [0.1, 0.15) is 0 Å². The van der Waals surface area contributed by atoms with Crippen molar-refractivity contribution in [2.75, 3.05) is 0 Å². The van der Waals surface area contributed by atoms with Gasteiger partial charge < -0.3 is 0 Å². The zero-order valence-corrected chi connectivity index (χ0v) is 11.1. The van der Waals surface area contributed by atoms with E-state index in [4.69, 9.17) is 0 Å². The van der Waals surface area contributed by atoms with Gasteiger partial charge in [0.15, 0.2) is 0 Å². The summed E-state index contributed by atoms with van der Waals surface area (Å²) >= 11 is 0. The molecule has 0 saturated carbocycles. The molecule has 0 radical (unpaired) electrons. The minimum Gasteiger partial charge on any atom is -0.0447 e.